The zero-order valence-electron chi connectivity index (χ0n) is 13.3. The molecule has 1 heterocycles. The van der Waals surface area contributed by atoms with Crippen molar-refractivity contribution in [2.24, 2.45) is 5.73 Å². The summed E-state index contributed by atoms with van der Waals surface area (Å²) in [5, 5.41) is 7.87. The summed E-state index contributed by atoms with van der Waals surface area (Å²) in [6, 6.07) is 5.81. The molecule has 0 aliphatic rings. The Hall–Kier alpha value is -1.56. The molecule has 5 nitrogen and oxygen atoms in total. The first kappa shape index (κ1) is 16.8. The summed E-state index contributed by atoms with van der Waals surface area (Å²) in [6.45, 7) is 6.15. The van der Waals surface area contributed by atoms with Gasteiger partial charge in [-0.2, -0.15) is 5.10 Å². The lowest BCUT2D eigenvalue weighted by molar-refractivity contribution is 0.242. The van der Waals surface area contributed by atoms with Gasteiger partial charge in [0.05, 0.1) is 16.8 Å². The Morgan fingerprint density at radius 1 is 1.41 bits per heavy atom. The number of nitrogens with zero attached hydrogens (tertiary/aromatic N) is 2. The zero-order valence-corrected chi connectivity index (χ0v) is 14.0. The molecule has 0 atom stereocenters. The summed E-state index contributed by atoms with van der Waals surface area (Å²) < 4.78 is 5.67. The Kier molecular flexibility index (Phi) is 5.83. The molecule has 0 bridgehead atoms. The predicted octanol–water partition coefficient (Wildman–Crippen LogP) is 2.91. The molecule has 6 heteroatoms. The Bertz CT molecular complexity index is 612. The van der Waals surface area contributed by atoms with Crippen LogP contribution in [0.2, 0.25) is 5.02 Å². The maximum atomic E-state index is 6.32. The molecule has 0 unspecified atom stereocenters. The SMILES string of the molecule is CC(C)Oc1ccc(-c2c[nH]nc2CN(C)CCN)cc1Cl. The van der Waals surface area contributed by atoms with Gasteiger partial charge in [-0.3, -0.25) is 10.00 Å². The molecule has 0 fully saturated rings. The van der Waals surface area contributed by atoms with Crippen LogP contribution >= 0.6 is 11.6 Å². The number of likely N-dealkylation sites (N-methyl/N-ethyl adjacent to an activating group) is 1. The fourth-order valence-corrected chi connectivity index (χ4v) is 2.49. The highest BCUT2D eigenvalue weighted by atomic mass is 35.5. The average molecular weight is 323 g/mol. The van der Waals surface area contributed by atoms with E-state index in [9.17, 15) is 0 Å². The van der Waals surface area contributed by atoms with Crippen molar-refractivity contribution in [1.82, 2.24) is 15.1 Å². The second kappa shape index (κ2) is 7.63. The molecule has 1 aromatic heterocycles. The Morgan fingerprint density at radius 3 is 2.82 bits per heavy atom. The number of nitrogens with two attached hydrogens (primary N) is 1. The van der Waals surface area contributed by atoms with Crippen LogP contribution in [0.4, 0.5) is 0 Å². The second-order valence-electron chi connectivity index (χ2n) is 5.58. The molecular weight excluding hydrogens is 300 g/mol. The van der Waals surface area contributed by atoms with E-state index < -0.39 is 0 Å². The summed E-state index contributed by atoms with van der Waals surface area (Å²) in [5.41, 5.74) is 8.62. The summed E-state index contributed by atoms with van der Waals surface area (Å²) in [5.74, 6) is 0.700. The highest BCUT2D eigenvalue weighted by Gasteiger charge is 2.13. The number of aromatic nitrogens is 2. The molecule has 0 aliphatic heterocycles. The van der Waals surface area contributed by atoms with Gasteiger partial charge in [-0.25, -0.2) is 0 Å². The van der Waals surface area contributed by atoms with Gasteiger partial charge in [0.25, 0.3) is 0 Å². The molecule has 2 rings (SSSR count). The van der Waals surface area contributed by atoms with E-state index in [4.69, 9.17) is 22.1 Å². The summed E-state index contributed by atoms with van der Waals surface area (Å²) >= 11 is 6.32. The van der Waals surface area contributed by atoms with E-state index in [1.54, 1.807) is 0 Å². The van der Waals surface area contributed by atoms with E-state index in [-0.39, 0.29) is 6.10 Å². The van der Waals surface area contributed by atoms with Crippen LogP contribution in [-0.4, -0.2) is 41.3 Å². The number of rotatable bonds is 7. The molecule has 1 aromatic carbocycles. The van der Waals surface area contributed by atoms with Gasteiger partial charge in [0, 0.05) is 31.4 Å². The monoisotopic (exact) mass is 322 g/mol. The van der Waals surface area contributed by atoms with Crippen molar-refractivity contribution in [3.05, 3.63) is 35.1 Å². The normalized spacial score (nSPS) is 11.4. The van der Waals surface area contributed by atoms with Crippen LogP contribution in [0.5, 0.6) is 5.75 Å². The molecule has 0 aliphatic carbocycles. The number of H-pyrrole nitrogens is 1. The van der Waals surface area contributed by atoms with E-state index in [0.29, 0.717) is 17.3 Å². The average Bonchev–Trinajstić information content (AvgIpc) is 2.89. The Balaban J connectivity index is 2.22. The topological polar surface area (TPSA) is 67.2 Å². The zero-order chi connectivity index (χ0) is 16.1. The number of aromatic amines is 1. The minimum absolute atomic E-state index is 0.0951. The van der Waals surface area contributed by atoms with Crippen molar-refractivity contribution in [2.75, 3.05) is 20.1 Å². The summed E-state index contributed by atoms with van der Waals surface area (Å²) in [6.07, 6.45) is 1.98. The molecule has 0 saturated heterocycles. The van der Waals surface area contributed by atoms with E-state index in [2.05, 4.69) is 15.1 Å². The van der Waals surface area contributed by atoms with Crippen LogP contribution in [-0.2, 0) is 6.54 Å². The van der Waals surface area contributed by atoms with Gasteiger partial charge < -0.3 is 10.5 Å². The largest absolute Gasteiger partial charge is 0.489 e. The third-order valence-electron chi connectivity index (χ3n) is 3.26. The molecule has 0 radical (unpaired) electrons. The molecule has 2 aromatic rings. The number of halogens is 1. The van der Waals surface area contributed by atoms with Crippen LogP contribution in [0, 0.1) is 0 Å². The van der Waals surface area contributed by atoms with Crippen molar-refractivity contribution in [3.63, 3.8) is 0 Å². The van der Waals surface area contributed by atoms with Gasteiger partial charge in [-0.05, 0) is 38.6 Å². The Morgan fingerprint density at radius 2 is 2.18 bits per heavy atom. The van der Waals surface area contributed by atoms with Crippen molar-refractivity contribution >= 4 is 11.6 Å². The molecule has 22 heavy (non-hydrogen) atoms. The lowest BCUT2D eigenvalue weighted by atomic mass is 10.1. The van der Waals surface area contributed by atoms with Crippen LogP contribution in [0.3, 0.4) is 0 Å². The van der Waals surface area contributed by atoms with Crippen molar-refractivity contribution in [3.8, 4) is 16.9 Å². The lowest BCUT2D eigenvalue weighted by Crippen LogP contribution is -2.25. The van der Waals surface area contributed by atoms with Crippen LogP contribution in [0.25, 0.3) is 11.1 Å². The van der Waals surface area contributed by atoms with Gasteiger partial charge in [0.2, 0.25) is 0 Å². The third-order valence-corrected chi connectivity index (χ3v) is 3.55. The number of nitrogens with one attached hydrogen (secondary N) is 1. The first-order valence-electron chi connectivity index (χ1n) is 7.39. The summed E-state index contributed by atoms with van der Waals surface area (Å²) in [7, 11) is 2.03. The van der Waals surface area contributed by atoms with Crippen LogP contribution in [0.15, 0.2) is 24.4 Å². The molecule has 0 amide bonds. The van der Waals surface area contributed by atoms with Crippen molar-refractivity contribution in [2.45, 2.75) is 26.5 Å². The fourth-order valence-electron chi connectivity index (χ4n) is 2.26. The third kappa shape index (κ3) is 4.22. The Labute approximate surface area is 136 Å². The maximum absolute atomic E-state index is 6.32. The van der Waals surface area contributed by atoms with Crippen molar-refractivity contribution < 1.29 is 4.74 Å². The minimum Gasteiger partial charge on any atom is -0.489 e. The maximum Gasteiger partial charge on any atom is 0.138 e. The molecule has 0 saturated carbocycles. The quantitative estimate of drug-likeness (QED) is 0.822. The van der Waals surface area contributed by atoms with Crippen molar-refractivity contribution in [1.29, 1.82) is 0 Å². The standard InChI is InChI=1S/C16H23ClN4O/c1-11(2)22-16-5-4-12(8-14(16)17)13-9-19-20-15(13)10-21(3)7-6-18/h4-5,8-9,11H,6-7,10,18H2,1-3H3,(H,19,20). The number of hydrogen-bond donors (Lipinski definition) is 2. The van der Waals surface area contributed by atoms with E-state index in [0.717, 1.165) is 29.9 Å². The first-order chi connectivity index (χ1) is 10.5. The van der Waals surface area contributed by atoms with E-state index >= 15 is 0 Å². The molecule has 3 N–H and O–H groups in total. The second-order valence-corrected chi connectivity index (χ2v) is 5.99. The van der Waals surface area contributed by atoms with Gasteiger partial charge in [0.15, 0.2) is 0 Å². The fraction of sp³-hybridized carbons (Fsp3) is 0.438. The molecule has 120 valence electrons. The van der Waals surface area contributed by atoms with E-state index in [1.807, 2.05) is 45.3 Å². The van der Waals surface area contributed by atoms with Crippen LogP contribution in [0.1, 0.15) is 19.5 Å². The smallest absolute Gasteiger partial charge is 0.138 e. The molecular formula is C16H23ClN4O. The van der Waals surface area contributed by atoms with Gasteiger partial charge in [-0.15, -0.1) is 0 Å². The number of benzene rings is 1. The molecule has 0 spiro atoms. The van der Waals surface area contributed by atoms with Gasteiger partial charge >= 0.3 is 0 Å². The highest BCUT2D eigenvalue weighted by molar-refractivity contribution is 6.32. The minimum atomic E-state index is 0.0951. The first-order valence-corrected chi connectivity index (χ1v) is 7.77. The predicted molar refractivity (Wildman–Crippen MR) is 90.2 cm³/mol. The number of hydrogen-bond acceptors (Lipinski definition) is 4. The number of ether oxygens (including phenoxy) is 1. The van der Waals surface area contributed by atoms with Gasteiger partial charge in [-0.1, -0.05) is 17.7 Å². The van der Waals surface area contributed by atoms with E-state index in [1.165, 1.54) is 0 Å². The van der Waals surface area contributed by atoms with Gasteiger partial charge in [0.1, 0.15) is 5.75 Å². The lowest BCUT2D eigenvalue weighted by Gasteiger charge is -2.15. The van der Waals surface area contributed by atoms with Crippen LogP contribution < -0.4 is 10.5 Å². The highest BCUT2D eigenvalue weighted by Crippen LogP contribution is 2.32. The summed E-state index contributed by atoms with van der Waals surface area (Å²) in [4.78, 5) is 2.14.